The topological polar surface area (TPSA) is 38.8 Å². The minimum atomic E-state index is -0.333. The molecule has 4 heteroatoms. The molecule has 37 heavy (non-hydrogen) atoms. The highest BCUT2D eigenvalue weighted by Crippen LogP contribution is 2.32. The van der Waals surface area contributed by atoms with Crippen LogP contribution >= 0.6 is 0 Å². The standard InChI is InChI=1S/C33H29NO3/c1-36-33(35)31-19-20-32(30-18-9-8-17-29(30)31)34(22-25-11-4-2-5-12-25)23-27-15-10-16-28(21-27)37-24-26-13-6-3-7-14-26/h2-21H,22-24H2,1H3. The van der Waals surface area contributed by atoms with Gasteiger partial charge in [-0.2, -0.15) is 0 Å². The van der Waals surface area contributed by atoms with Gasteiger partial charge in [0.25, 0.3) is 0 Å². The van der Waals surface area contributed by atoms with E-state index >= 15 is 0 Å². The molecule has 0 radical (unpaired) electrons. The maximum Gasteiger partial charge on any atom is 0.338 e. The van der Waals surface area contributed by atoms with E-state index < -0.39 is 0 Å². The minimum Gasteiger partial charge on any atom is -0.489 e. The Labute approximate surface area is 217 Å². The van der Waals surface area contributed by atoms with Gasteiger partial charge in [0.1, 0.15) is 12.4 Å². The lowest BCUT2D eigenvalue weighted by atomic mass is 10.0. The van der Waals surface area contributed by atoms with Crippen molar-refractivity contribution < 1.29 is 14.3 Å². The Morgan fingerprint density at radius 2 is 1.27 bits per heavy atom. The number of fused-ring (bicyclic) bond motifs is 1. The monoisotopic (exact) mass is 487 g/mol. The Bertz CT molecular complexity index is 1480. The molecule has 4 nitrogen and oxygen atoms in total. The summed E-state index contributed by atoms with van der Waals surface area (Å²) in [6.07, 6.45) is 0. The van der Waals surface area contributed by atoms with Crippen LogP contribution in [0, 0.1) is 0 Å². The zero-order chi connectivity index (χ0) is 25.5. The molecule has 0 amide bonds. The summed E-state index contributed by atoms with van der Waals surface area (Å²) in [6.45, 7) is 1.92. The number of nitrogens with zero attached hydrogens (tertiary/aromatic N) is 1. The van der Waals surface area contributed by atoms with Gasteiger partial charge in [-0.25, -0.2) is 4.79 Å². The largest absolute Gasteiger partial charge is 0.489 e. The second kappa shape index (κ2) is 11.4. The number of esters is 1. The quantitative estimate of drug-likeness (QED) is 0.203. The van der Waals surface area contributed by atoms with Crippen LogP contribution in [0.2, 0.25) is 0 Å². The summed E-state index contributed by atoms with van der Waals surface area (Å²) in [6, 6.07) is 40.7. The van der Waals surface area contributed by atoms with E-state index in [1.165, 1.54) is 12.7 Å². The van der Waals surface area contributed by atoms with E-state index in [2.05, 4.69) is 59.5 Å². The molecule has 0 aliphatic carbocycles. The summed E-state index contributed by atoms with van der Waals surface area (Å²) in [7, 11) is 1.42. The molecular formula is C33H29NO3. The molecule has 5 rings (SSSR count). The lowest BCUT2D eigenvalue weighted by Gasteiger charge is -2.27. The first kappa shape index (κ1) is 24.1. The van der Waals surface area contributed by atoms with Crippen LogP contribution in [-0.4, -0.2) is 13.1 Å². The fourth-order valence-corrected chi connectivity index (χ4v) is 4.57. The average Bonchev–Trinajstić information content (AvgIpc) is 2.96. The normalized spacial score (nSPS) is 10.7. The molecule has 5 aromatic carbocycles. The van der Waals surface area contributed by atoms with Crippen molar-refractivity contribution >= 4 is 22.4 Å². The van der Waals surface area contributed by atoms with Crippen LogP contribution in [0.5, 0.6) is 5.75 Å². The smallest absolute Gasteiger partial charge is 0.338 e. The molecule has 0 atom stereocenters. The molecule has 0 N–H and O–H groups in total. The Morgan fingerprint density at radius 1 is 0.649 bits per heavy atom. The van der Waals surface area contributed by atoms with Crippen molar-refractivity contribution in [2.75, 3.05) is 12.0 Å². The summed E-state index contributed by atoms with van der Waals surface area (Å²) in [5.74, 6) is 0.507. The van der Waals surface area contributed by atoms with Crippen molar-refractivity contribution in [2.45, 2.75) is 19.7 Å². The molecule has 0 aliphatic heterocycles. The fourth-order valence-electron chi connectivity index (χ4n) is 4.57. The Hall–Kier alpha value is -4.57. The average molecular weight is 488 g/mol. The molecule has 5 aromatic rings. The van der Waals surface area contributed by atoms with Gasteiger partial charge in [0.05, 0.1) is 12.7 Å². The lowest BCUT2D eigenvalue weighted by Crippen LogP contribution is -2.22. The van der Waals surface area contributed by atoms with Gasteiger partial charge in [-0.15, -0.1) is 0 Å². The van der Waals surface area contributed by atoms with E-state index in [-0.39, 0.29) is 5.97 Å². The molecule has 0 aromatic heterocycles. The van der Waals surface area contributed by atoms with Gasteiger partial charge in [0, 0.05) is 24.2 Å². The number of rotatable bonds is 9. The van der Waals surface area contributed by atoms with E-state index in [1.54, 1.807) is 0 Å². The first-order valence-electron chi connectivity index (χ1n) is 12.4. The molecule has 0 unspecified atom stereocenters. The van der Waals surface area contributed by atoms with Crippen LogP contribution in [0.1, 0.15) is 27.0 Å². The zero-order valence-electron chi connectivity index (χ0n) is 20.8. The molecular weight excluding hydrogens is 458 g/mol. The number of methoxy groups -OCH3 is 1. The highest BCUT2D eigenvalue weighted by molar-refractivity contribution is 6.08. The van der Waals surface area contributed by atoms with Gasteiger partial charge in [-0.05, 0) is 46.3 Å². The van der Waals surface area contributed by atoms with Crippen molar-refractivity contribution in [1.29, 1.82) is 0 Å². The van der Waals surface area contributed by atoms with E-state index in [0.29, 0.717) is 18.7 Å². The van der Waals surface area contributed by atoms with Gasteiger partial charge >= 0.3 is 5.97 Å². The SMILES string of the molecule is COC(=O)c1ccc(N(Cc2ccccc2)Cc2cccc(OCc3ccccc3)c2)c2ccccc12. The zero-order valence-corrected chi connectivity index (χ0v) is 20.8. The van der Waals surface area contributed by atoms with Gasteiger partial charge in [0.15, 0.2) is 0 Å². The number of carbonyl (C=O) groups excluding carboxylic acids is 1. The van der Waals surface area contributed by atoms with Crippen molar-refractivity contribution in [3.8, 4) is 5.75 Å². The number of hydrogen-bond donors (Lipinski definition) is 0. The van der Waals surface area contributed by atoms with Gasteiger partial charge in [-0.3, -0.25) is 0 Å². The molecule has 184 valence electrons. The summed E-state index contributed by atoms with van der Waals surface area (Å²) in [5.41, 5.74) is 5.11. The number of ether oxygens (including phenoxy) is 2. The summed E-state index contributed by atoms with van der Waals surface area (Å²) in [4.78, 5) is 14.8. The maximum absolute atomic E-state index is 12.4. The van der Waals surface area contributed by atoms with Crippen molar-refractivity contribution in [2.24, 2.45) is 0 Å². The minimum absolute atomic E-state index is 0.333. The summed E-state index contributed by atoms with van der Waals surface area (Å²) >= 11 is 0. The third kappa shape index (κ3) is 5.81. The third-order valence-corrected chi connectivity index (χ3v) is 6.38. The first-order valence-corrected chi connectivity index (χ1v) is 12.4. The van der Waals surface area contributed by atoms with Gasteiger partial charge in [0.2, 0.25) is 0 Å². The van der Waals surface area contributed by atoms with Crippen molar-refractivity contribution in [1.82, 2.24) is 0 Å². The predicted molar refractivity (Wildman–Crippen MR) is 149 cm³/mol. The fraction of sp³-hybridized carbons (Fsp3) is 0.121. The number of anilines is 1. The third-order valence-electron chi connectivity index (χ3n) is 6.38. The van der Waals surface area contributed by atoms with Crippen LogP contribution in [0.3, 0.4) is 0 Å². The molecule has 0 heterocycles. The summed E-state index contributed by atoms with van der Waals surface area (Å²) < 4.78 is 11.1. The van der Waals surface area contributed by atoms with Gasteiger partial charge in [-0.1, -0.05) is 97.1 Å². The van der Waals surface area contributed by atoms with Crippen molar-refractivity contribution in [3.05, 3.63) is 144 Å². The second-order valence-electron chi connectivity index (χ2n) is 8.93. The molecule has 0 bridgehead atoms. The molecule has 0 aliphatic rings. The van der Waals surface area contributed by atoms with Crippen LogP contribution < -0.4 is 9.64 Å². The molecule has 0 saturated heterocycles. The predicted octanol–water partition coefficient (Wildman–Crippen LogP) is 7.41. The molecule has 0 fully saturated rings. The summed E-state index contributed by atoms with van der Waals surface area (Å²) in [5, 5.41) is 1.89. The van der Waals surface area contributed by atoms with E-state index in [0.717, 1.165) is 39.9 Å². The van der Waals surface area contributed by atoms with Crippen LogP contribution in [0.15, 0.2) is 121 Å². The van der Waals surface area contributed by atoms with Crippen molar-refractivity contribution in [3.63, 3.8) is 0 Å². The van der Waals surface area contributed by atoms with Gasteiger partial charge < -0.3 is 14.4 Å². The lowest BCUT2D eigenvalue weighted by molar-refractivity contribution is 0.0603. The highest BCUT2D eigenvalue weighted by Gasteiger charge is 2.17. The van der Waals surface area contributed by atoms with Crippen LogP contribution in [0.4, 0.5) is 5.69 Å². The van der Waals surface area contributed by atoms with E-state index in [4.69, 9.17) is 9.47 Å². The second-order valence-corrected chi connectivity index (χ2v) is 8.93. The molecule has 0 spiro atoms. The van der Waals surface area contributed by atoms with Crippen LogP contribution in [-0.2, 0) is 24.4 Å². The first-order chi connectivity index (χ1) is 18.2. The number of carbonyl (C=O) groups is 1. The van der Waals surface area contributed by atoms with E-state index in [1.807, 2.05) is 66.7 Å². The molecule has 0 saturated carbocycles. The van der Waals surface area contributed by atoms with Crippen LogP contribution in [0.25, 0.3) is 10.8 Å². The number of hydrogen-bond acceptors (Lipinski definition) is 4. The Balaban J connectivity index is 1.48. The highest BCUT2D eigenvalue weighted by atomic mass is 16.5. The Kier molecular flexibility index (Phi) is 7.47. The number of benzene rings is 5. The van der Waals surface area contributed by atoms with E-state index in [9.17, 15) is 4.79 Å². The maximum atomic E-state index is 12.4. The Morgan fingerprint density at radius 3 is 2.00 bits per heavy atom.